The minimum absolute atomic E-state index is 0.0470. The van der Waals surface area contributed by atoms with E-state index in [9.17, 15) is 14.4 Å². The number of nitrogens with one attached hydrogen (secondary N) is 1. The number of thiazole rings is 1. The molecular formula is C22H20N4O3S. The van der Waals surface area contributed by atoms with Gasteiger partial charge in [0.25, 0.3) is 5.91 Å². The van der Waals surface area contributed by atoms with Crippen molar-refractivity contribution in [1.29, 1.82) is 0 Å². The molecule has 1 atom stereocenters. The third-order valence-electron chi connectivity index (χ3n) is 5.65. The lowest BCUT2D eigenvalue weighted by Crippen LogP contribution is -2.36. The number of nitrogens with zero attached hydrogens (tertiary/aromatic N) is 3. The molecular weight excluding hydrogens is 400 g/mol. The number of H-pyrrole nitrogens is 1. The average molecular weight is 420 g/mol. The summed E-state index contributed by atoms with van der Waals surface area (Å²) in [4.78, 5) is 46.6. The van der Waals surface area contributed by atoms with E-state index in [2.05, 4.69) is 4.98 Å². The van der Waals surface area contributed by atoms with Gasteiger partial charge >= 0.3 is 11.1 Å². The number of para-hydroxylation sites is 1. The molecule has 0 aliphatic carbocycles. The largest absolute Gasteiger partial charge is 0.329 e. The third kappa shape index (κ3) is 2.95. The van der Waals surface area contributed by atoms with Crippen LogP contribution in [0.2, 0.25) is 0 Å². The molecule has 1 fully saturated rings. The zero-order valence-electron chi connectivity index (χ0n) is 16.4. The van der Waals surface area contributed by atoms with Gasteiger partial charge in [0.05, 0.1) is 27.3 Å². The molecule has 8 heteroatoms. The molecule has 3 heterocycles. The summed E-state index contributed by atoms with van der Waals surface area (Å²) in [6.07, 6.45) is 1.80. The van der Waals surface area contributed by atoms with Crippen molar-refractivity contribution in [3.05, 3.63) is 73.7 Å². The second-order valence-corrected chi connectivity index (χ2v) is 8.47. The van der Waals surface area contributed by atoms with Gasteiger partial charge < -0.3 is 14.5 Å². The summed E-state index contributed by atoms with van der Waals surface area (Å²) in [6.45, 7) is 2.87. The van der Waals surface area contributed by atoms with Crippen LogP contribution in [0.4, 0.5) is 0 Å². The fraction of sp³-hybridized carbons (Fsp3) is 0.273. The first-order valence-corrected chi connectivity index (χ1v) is 10.8. The number of aryl methyl sites for hydroxylation is 1. The fourth-order valence-electron chi connectivity index (χ4n) is 4.19. The van der Waals surface area contributed by atoms with E-state index in [4.69, 9.17) is 4.98 Å². The van der Waals surface area contributed by atoms with Crippen molar-refractivity contribution in [3.63, 3.8) is 0 Å². The first kappa shape index (κ1) is 18.7. The minimum Gasteiger partial charge on any atom is -0.329 e. The third-order valence-corrected chi connectivity index (χ3v) is 6.78. The minimum atomic E-state index is -0.678. The van der Waals surface area contributed by atoms with Gasteiger partial charge in [-0.1, -0.05) is 12.1 Å². The molecule has 0 bridgehead atoms. The molecule has 7 nitrogen and oxygen atoms in total. The number of rotatable bonds is 3. The standard InChI is InChI=1S/C22H20N4O3S/c1-2-25-16-10-9-13(12-15(16)23-19(27)22(25)29)21(28)26-11-5-7-17(26)20-24-14-6-3-4-8-18(14)30-20/h3-4,6,8-10,12,17H,2,5,7,11H2,1H3,(H,23,27). The maximum Gasteiger partial charge on any atom is 0.316 e. The number of aromatic amines is 1. The molecule has 0 saturated carbocycles. The molecule has 1 aliphatic rings. The van der Waals surface area contributed by atoms with Crippen molar-refractivity contribution in [2.45, 2.75) is 32.4 Å². The lowest BCUT2D eigenvalue weighted by Gasteiger charge is -2.23. The number of likely N-dealkylation sites (tertiary alicyclic amines) is 1. The van der Waals surface area contributed by atoms with Gasteiger partial charge in [0.15, 0.2) is 0 Å². The molecule has 1 aliphatic heterocycles. The number of carbonyl (C=O) groups excluding carboxylic acids is 1. The lowest BCUT2D eigenvalue weighted by atomic mass is 10.1. The Bertz CT molecular complexity index is 1370. The number of hydrogen-bond acceptors (Lipinski definition) is 5. The summed E-state index contributed by atoms with van der Waals surface area (Å²) < 4.78 is 2.54. The fourth-order valence-corrected chi connectivity index (χ4v) is 5.31. The van der Waals surface area contributed by atoms with Crippen LogP contribution in [0.3, 0.4) is 0 Å². The molecule has 1 amide bonds. The van der Waals surface area contributed by atoms with Gasteiger partial charge in [0.2, 0.25) is 0 Å². The van der Waals surface area contributed by atoms with Crippen LogP contribution in [-0.4, -0.2) is 31.9 Å². The van der Waals surface area contributed by atoms with Crippen molar-refractivity contribution in [2.24, 2.45) is 0 Å². The maximum absolute atomic E-state index is 13.3. The molecule has 30 heavy (non-hydrogen) atoms. The van der Waals surface area contributed by atoms with Gasteiger partial charge in [0.1, 0.15) is 5.01 Å². The van der Waals surface area contributed by atoms with Crippen LogP contribution in [-0.2, 0) is 6.54 Å². The van der Waals surface area contributed by atoms with E-state index in [0.29, 0.717) is 29.7 Å². The molecule has 1 saturated heterocycles. The Kier molecular flexibility index (Phi) is 4.51. The molecule has 0 spiro atoms. The summed E-state index contributed by atoms with van der Waals surface area (Å²) in [5.41, 5.74) is 1.29. The zero-order chi connectivity index (χ0) is 20.8. The van der Waals surface area contributed by atoms with Crippen molar-refractivity contribution in [2.75, 3.05) is 6.54 Å². The number of carbonyl (C=O) groups is 1. The van der Waals surface area contributed by atoms with Gasteiger partial charge in [-0.3, -0.25) is 14.4 Å². The molecule has 0 radical (unpaired) electrons. The Balaban J connectivity index is 1.53. The van der Waals surface area contributed by atoms with Crippen LogP contribution in [0.25, 0.3) is 21.3 Å². The monoisotopic (exact) mass is 420 g/mol. The molecule has 1 N–H and O–H groups in total. The number of aromatic nitrogens is 3. The Morgan fingerprint density at radius 2 is 2.07 bits per heavy atom. The van der Waals surface area contributed by atoms with Gasteiger partial charge in [-0.15, -0.1) is 11.3 Å². The maximum atomic E-state index is 13.3. The second kappa shape index (κ2) is 7.21. The van der Waals surface area contributed by atoms with Crippen molar-refractivity contribution >= 4 is 38.5 Å². The second-order valence-electron chi connectivity index (χ2n) is 7.41. The van der Waals surface area contributed by atoms with Crippen molar-refractivity contribution in [1.82, 2.24) is 19.4 Å². The van der Waals surface area contributed by atoms with Crippen LogP contribution >= 0.6 is 11.3 Å². The highest BCUT2D eigenvalue weighted by atomic mass is 32.1. The first-order chi connectivity index (χ1) is 14.6. The summed E-state index contributed by atoms with van der Waals surface area (Å²) in [7, 11) is 0. The van der Waals surface area contributed by atoms with Gasteiger partial charge in [-0.25, -0.2) is 4.98 Å². The number of amides is 1. The Morgan fingerprint density at radius 3 is 2.87 bits per heavy atom. The van der Waals surface area contributed by atoms with Crippen LogP contribution < -0.4 is 11.1 Å². The van der Waals surface area contributed by atoms with Gasteiger partial charge in [0, 0.05) is 18.7 Å². The number of benzene rings is 2. The van der Waals surface area contributed by atoms with E-state index in [1.165, 1.54) is 4.57 Å². The SMILES string of the molecule is CCn1c(=O)c(=O)[nH]c2cc(C(=O)N3CCCC3c3nc4ccccc4s3)ccc21. The summed E-state index contributed by atoms with van der Waals surface area (Å²) in [5.74, 6) is -0.0891. The number of hydrogen-bond donors (Lipinski definition) is 1. The molecule has 1 unspecified atom stereocenters. The van der Waals surface area contributed by atoms with Crippen molar-refractivity contribution in [3.8, 4) is 0 Å². The van der Waals surface area contributed by atoms with E-state index < -0.39 is 11.1 Å². The van der Waals surface area contributed by atoms with Gasteiger partial charge in [-0.05, 0) is 50.1 Å². The Morgan fingerprint density at radius 1 is 1.23 bits per heavy atom. The van der Waals surface area contributed by atoms with E-state index in [1.54, 1.807) is 29.5 Å². The quantitative estimate of drug-likeness (QED) is 0.515. The van der Waals surface area contributed by atoms with Gasteiger partial charge in [-0.2, -0.15) is 0 Å². The van der Waals surface area contributed by atoms with E-state index in [-0.39, 0.29) is 11.9 Å². The van der Waals surface area contributed by atoms with Crippen LogP contribution in [0.1, 0.15) is 41.2 Å². The molecule has 2 aromatic carbocycles. The topological polar surface area (TPSA) is 88.1 Å². The van der Waals surface area contributed by atoms with Crippen molar-refractivity contribution < 1.29 is 4.79 Å². The highest BCUT2D eigenvalue weighted by molar-refractivity contribution is 7.18. The Labute approximate surface area is 175 Å². The van der Waals surface area contributed by atoms with Crippen LogP contribution in [0, 0.1) is 0 Å². The average Bonchev–Trinajstić information content (AvgIpc) is 3.40. The molecule has 4 aromatic rings. The van der Waals surface area contributed by atoms with E-state index >= 15 is 0 Å². The highest BCUT2D eigenvalue weighted by Crippen LogP contribution is 2.37. The molecule has 2 aromatic heterocycles. The normalized spacial score (nSPS) is 16.6. The van der Waals surface area contributed by atoms with Crippen LogP contribution in [0.15, 0.2) is 52.1 Å². The number of fused-ring (bicyclic) bond motifs is 2. The summed E-state index contributed by atoms with van der Waals surface area (Å²) in [5, 5.41) is 0.955. The predicted molar refractivity (Wildman–Crippen MR) is 117 cm³/mol. The first-order valence-electron chi connectivity index (χ1n) is 10.00. The summed E-state index contributed by atoms with van der Waals surface area (Å²) in [6, 6.07) is 13.1. The molecule has 152 valence electrons. The summed E-state index contributed by atoms with van der Waals surface area (Å²) >= 11 is 1.63. The zero-order valence-corrected chi connectivity index (χ0v) is 17.2. The smallest absolute Gasteiger partial charge is 0.316 e. The van der Waals surface area contributed by atoms with Crippen LogP contribution in [0.5, 0.6) is 0 Å². The molecule has 5 rings (SSSR count). The Hall–Kier alpha value is -3.26. The predicted octanol–water partition coefficient (Wildman–Crippen LogP) is 3.30. The lowest BCUT2D eigenvalue weighted by molar-refractivity contribution is 0.0735. The van der Waals surface area contributed by atoms with E-state index in [1.807, 2.05) is 36.1 Å². The van der Waals surface area contributed by atoms with E-state index in [0.717, 1.165) is 28.1 Å². The highest BCUT2D eigenvalue weighted by Gasteiger charge is 2.33.